The summed E-state index contributed by atoms with van der Waals surface area (Å²) in [6.07, 6.45) is 3.34. The maximum absolute atomic E-state index is 12.1. The van der Waals surface area contributed by atoms with Crippen LogP contribution < -0.4 is 4.90 Å². The molecule has 0 aliphatic carbocycles. The van der Waals surface area contributed by atoms with E-state index in [1.807, 2.05) is 26.8 Å². The van der Waals surface area contributed by atoms with Gasteiger partial charge in [-0.15, -0.1) is 0 Å². The zero-order valence-electron chi connectivity index (χ0n) is 10.9. The van der Waals surface area contributed by atoms with Gasteiger partial charge in [-0.3, -0.25) is 4.90 Å². The highest BCUT2D eigenvalue weighted by molar-refractivity contribution is 9.10. The van der Waals surface area contributed by atoms with E-state index < -0.39 is 5.60 Å². The first-order valence-corrected chi connectivity index (χ1v) is 6.81. The third-order valence-corrected chi connectivity index (χ3v) is 3.10. The minimum Gasteiger partial charge on any atom is -0.443 e. The van der Waals surface area contributed by atoms with Gasteiger partial charge in [-0.25, -0.2) is 9.78 Å². The van der Waals surface area contributed by atoms with Crippen molar-refractivity contribution < 1.29 is 9.53 Å². The third-order valence-electron chi connectivity index (χ3n) is 2.67. The van der Waals surface area contributed by atoms with Crippen LogP contribution in [0.3, 0.4) is 0 Å². The molecule has 0 saturated heterocycles. The van der Waals surface area contributed by atoms with Crippen molar-refractivity contribution in [1.29, 1.82) is 0 Å². The first-order valence-electron chi connectivity index (χ1n) is 6.02. The monoisotopic (exact) mass is 312 g/mol. The molecule has 0 aromatic carbocycles. The van der Waals surface area contributed by atoms with Crippen LogP contribution in [-0.4, -0.2) is 23.2 Å². The van der Waals surface area contributed by atoms with E-state index in [0.717, 1.165) is 28.7 Å². The van der Waals surface area contributed by atoms with E-state index in [1.165, 1.54) is 0 Å². The number of hydrogen-bond acceptors (Lipinski definition) is 3. The molecule has 1 aliphatic heterocycles. The number of aromatic nitrogens is 1. The van der Waals surface area contributed by atoms with Gasteiger partial charge in [0.1, 0.15) is 10.2 Å². The number of carbonyl (C=O) groups is 1. The normalized spacial score (nSPS) is 15.2. The van der Waals surface area contributed by atoms with Gasteiger partial charge in [0.25, 0.3) is 0 Å². The number of nitrogens with zero attached hydrogens (tertiary/aromatic N) is 2. The van der Waals surface area contributed by atoms with E-state index in [0.29, 0.717) is 6.54 Å². The number of ether oxygens (including phenoxy) is 1. The van der Waals surface area contributed by atoms with Crippen LogP contribution in [0.2, 0.25) is 0 Å². The lowest BCUT2D eigenvalue weighted by molar-refractivity contribution is 0.0577. The molecule has 0 unspecified atom stereocenters. The molecule has 0 fully saturated rings. The topological polar surface area (TPSA) is 42.4 Å². The molecule has 0 saturated carbocycles. The lowest BCUT2D eigenvalue weighted by atomic mass is 10.0. The number of pyridine rings is 1. The number of fused-ring (bicyclic) bond motifs is 1. The van der Waals surface area contributed by atoms with Gasteiger partial charge in [-0.2, -0.15) is 0 Å². The van der Waals surface area contributed by atoms with E-state index in [4.69, 9.17) is 4.74 Å². The van der Waals surface area contributed by atoms with E-state index >= 15 is 0 Å². The summed E-state index contributed by atoms with van der Waals surface area (Å²) in [6, 6.07) is 1.96. The van der Waals surface area contributed by atoms with Gasteiger partial charge in [0, 0.05) is 6.54 Å². The minimum absolute atomic E-state index is 0.299. The Balaban J connectivity index is 2.25. The van der Waals surface area contributed by atoms with Crippen LogP contribution in [0.1, 0.15) is 32.8 Å². The second-order valence-corrected chi connectivity index (χ2v) is 6.18. The number of halogens is 1. The highest BCUT2D eigenvalue weighted by atomic mass is 79.9. The van der Waals surface area contributed by atoms with Gasteiger partial charge in [0.15, 0.2) is 0 Å². The van der Waals surface area contributed by atoms with Crippen molar-refractivity contribution in [3.63, 3.8) is 0 Å². The van der Waals surface area contributed by atoms with Gasteiger partial charge in [-0.1, -0.05) is 0 Å². The van der Waals surface area contributed by atoms with Gasteiger partial charge in [0.2, 0.25) is 0 Å². The average Bonchev–Trinajstić information content (AvgIpc) is 2.25. The van der Waals surface area contributed by atoms with Gasteiger partial charge >= 0.3 is 6.09 Å². The lowest BCUT2D eigenvalue weighted by Gasteiger charge is -2.31. The van der Waals surface area contributed by atoms with Crippen molar-refractivity contribution in [3.8, 4) is 0 Å². The predicted molar refractivity (Wildman–Crippen MR) is 73.8 cm³/mol. The highest BCUT2D eigenvalue weighted by Crippen LogP contribution is 2.29. The van der Waals surface area contributed by atoms with Crippen molar-refractivity contribution in [3.05, 3.63) is 22.4 Å². The molecule has 2 rings (SSSR count). The van der Waals surface area contributed by atoms with Crippen molar-refractivity contribution in [2.24, 2.45) is 0 Å². The molecule has 4 nitrogen and oxygen atoms in total. The summed E-state index contributed by atoms with van der Waals surface area (Å²) < 4.78 is 6.21. The summed E-state index contributed by atoms with van der Waals surface area (Å²) in [5.41, 5.74) is 1.52. The molecule has 98 valence electrons. The Morgan fingerprint density at radius 2 is 2.22 bits per heavy atom. The zero-order valence-corrected chi connectivity index (χ0v) is 12.5. The van der Waals surface area contributed by atoms with Crippen LogP contribution in [0.5, 0.6) is 0 Å². The van der Waals surface area contributed by atoms with Crippen molar-refractivity contribution in [2.75, 3.05) is 11.4 Å². The van der Waals surface area contributed by atoms with Gasteiger partial charge in [-0.05, 0) is 61.2 Å². The van der Waals surface area contributed by atoms with Crippen LogP contribution in [0, 0.1) is 0 Å². The number of anilines is 1. The Hall–Kier alpha value is -1.10. The fourth-order valence-electron chi connectivity index (χ4n) is 1.96. The summed E-state index contributed by atoms with van der Waals surface area (Å²) in [5, 5.41) is 0. The largest absolute Gasteiger partial charge is 0.443 e. The molecule has 18 heavy (non-hydrogen) atoms. The molecule has 2 heterocycles. The second-order valence-electron chi connectivity index (χ2n) is 5.37. The van der Waals surface area contributed by atoms with E-state index in [-0.39, 0.29) is 6.09 Å². The Labute approximate surface area is 115 Å². The molecule has 1 amide bonds. The Morgan fingerprint density at radius 3 is 2.89 bits per heavy atom. The molecular formula is C13H17BrN2O2. The molecule has 0 N–H and O–H groups in total. The average molecular weight is 313 g/mol. The van der Waals surface area contributed by atoms with Crippen LogP contribution in [0.25, 0.3) is 0 Å². The Kier molecular flexibility index (Phi) is 3.61. The maximum atomic E-state index is 12.1. The number of rotatable bonds is 0. The molecule has 0 radical (unpaired) electrons. The minimum atomic E-state index is -0.475. The Bertz CT molecular complexity index is 469. The first-order chi connectivity index (χ1) is 8.37. The fraction of sp³-hybridized carbons (Fsp3) is 0.538. The quantitative estimate of drug-likeness (QED) is 0.688. The van der Waals surface area contributed by atoms with Crippen molar-refractivity contribution >= 4 is 27.7 Å². The summed E-state index contributed by atoms with van der Waals surface area (Å²) in [4.78, 5) is 18.0. The fourth-order valence-corrected chi connectivity index (χ4v) is 2.34. The first kappa shape index (κ1) is 13.3. The Morgan fingerprint density at radius 1 is 1.50 bits per heavy atom. The standard InChI is InChI=1S/C13H17BrN2O2/c1-13(2,3)18-12(17)16-6-4-5-9-7-11(14)15-8-10(9)16/h7-8H,4-6H2,1-3H3. The molecule has 0 bridgehead atoms. The zero-order chi connectivity index (χ0) is 13.3. The van der Waals surface area contributed by atoms with Crippen LogP contribution in [0.4, 0.5) is 10.5 Å². The maximum Gasteiger partial charge on any atom is 0.414 e. The van der Waals surface area contributed by atoms with Gasteiger partial charge in [0.05, 0.1) is 11.9 Å². The third kappa shape index (κ3) is 3.02. The van der Waals surface area contributed by atoms with Crippen LogP contribution in [0.15, 0.2) is 16.9 Å². The molecular weight excluding hydrogens is 296 g/mol. The number of hydrogen-bond donors (Lipinski definition) is 0. The van der Waals surface area contributed by atoms with Crippen LogP contribution in [-0.2, 0) is 11.2 Å². The van der Waals surface area contributed by atoms with Crippen molar-refractivity contribution in [2.45, 2.75) is 39.2 Å². The number of carbonyl (C=O) groups excluding carboxylic acids is 1. The number of amides is 1. The molecule has 0 atom stereocenters. The summed E-state index contributed by atoms with van der Waals surface area (Å²) in [7, 11) is 0. The summed E-state index contributed by atoms with van der Waals surface area (Å²) in [5.74, 6) is 0. The number of aryl methyl sites for hydroxylation is 1. The molecule has 5 heteroatoms. The van der Waals surface area contributed by atoms with Crippen LogP contribution >= 0.6 is 15.9 Å². The SMILES string of the molecule is CC(C)(C)OC(=O)N1CCCc2cc(Br)ncc21. The van der Waals surface area contributed by atoms with E-state index in [9.17, 15) is 4.79 Å². The molecule has 1 aliphatic rings. The smallest absolute Gasteiger partial charge is 0.414 e. The van der Waals surface area contributed by atoms with Gasteiger partial charge < -0.3 is 4.74 Å². The predicted octanol–water partition coefficient (Wildman–Crippen LogP) is 3.53. The van der Waals surface area contributed by atoms with E-state index in [1.54, 1.807) is 11.1 Å². The highest BCUT2D eigenvalue weighted by Gasteiger charge is 2.27. The van der Waals surface area contributed by atoms with E-state index in [2.05, 4.69) is 20.9 Å². The second kappa shape index (κ2) is 4.88. The summed E-state index contributed by atoms with van der Waals surface area (Å²) in [6.45, 7) is 6.30. The van der Waals surface area contributed by atoms with Crippen molar-refractivity contribution in [1.82, 2.24) is 4.98 Å². The summed E-state index contributed by atoms with van der Waals surface area (Å²) >= 11 is 3.35. The molecule has 1 aromatic heterocycles. The molecule has 0 spiro atoms. The molecule has 1 aromatic rings. The lowest BCUT2D eigenvalue weighted by Crippen LogP contribution is -2.39.